The number of aliphatic hydroxyl groups excluding tert-OH is 1. The van der Waals surface area contributed by atoms with Crippen LogP contribution in [0.15, 0.2) is 12.2 Å². The van der Waals surface area contributed by atoms with Crippen molar-refractivity contribution in [1.82, 2.24) is 0 Å². The summed E-state index contributed by atoms with van der Waals surface area (Å²) in [7, 11) is 0. The Morgan fingerprint density at radius 3 is 2.95 bits per heavy atom. The molecule has 4 nitrogen and oxygen atoms in total. The van der Waals surface area contributed by atoms with Crippen LogP contribution in [0, 0.1) is 23.7 Å². The van der Waals surface area contributed by atoms with Crippen LogP contribution in [0.25, 0.3) is 0 Å². The van der Waals surface area contributed by atoms with Gasteiger partial charge in [0.05, 0.1) is 23.9 Å². The van der Waals surface area contributed by atoms with E-state index in [9.17, 15) is 4.79 Å². The lowest BCUT2D eigenvalue weighted by Gasteiger charge is -2.34. The van der Waals surface area contributed by atoms with Gasteiger partial charge in [-0.2, -0.15) is 0 Å². The highest BCUT2D eigenvalue weighted by molar-refractivity contribution is 5.88. The molecule has 7 atom stereocenters. The fourth-order valence-electron chi connectivity index (χ4n) is 5.16. The van der Waals surface area contributed by atoms with Gasteiger partial charge in [0.2, 0.25) is 0 Å². The maximum atomic E-state index is 11.7. The van der Waals surface area contributed by atoms with E-state index < -0.39 is 5.97 Å². The number of fused-ring (bicyclic) bond motifs is 7. The van der Waals surface area contributed by atoms with E-state index >= 15 is 0 Å². The van der Waals surface area contributed by atoms with Crippen LogP contribution in [-0.4, -0.2) is 35.5 Å². The third-order valence-corrected chi connectivity index (χ3v) is 5.97. The minimum Gasteiger partial charge on any atom is -0.459 e. The smallest absolute Gasteiger partial charge is 0.336 e. The molecule has 0 aromatic carbocycles. The number of epoxide rings is 1. The SMILES string of the molecule is C=C(CO)C(=O)OC1CC2CC1C1CC3OC3(C)C21. The molecule has 0 amide bonds. The van der Waals surface area contributed by atoms with Crippen molar-refractivity contribution in [2.75, 3.05) is 6.61 Å². The Bertz CT molecular complexity index is 459. The predicted molar refractivity (Wildman–Crippen MR) is 67.2 cm³/mol. The summed E-state index contributed by atoms with van der Waals surface area (Å²) in [6, 6.07) is 0. The minimum absolute atomic E-state index is 0.0307. The number of carbonyl (C=O) groups excluding carboxylic acids is 1. The van der Waals surface area contributed by atoms with Gasteiger partial charge in [0.1, 0.15) is 6.10 Å². The lowest BCUT2D eigenvalue weighted by molar-refractivity contribution is -0.149. The van der Waals surface area contributed by atoms with Crippen molar-refractivity contribution in [3.05, 3.63) is 12.2 Å². The van der Waals surface area contributed by atoms with E-state index in [4.69, 9.17) is 14.6 Å². The highest BCUT2D eigenvalue weighted by Gasteiger charge is 2.73. The molecule has 19 heavy (non-hydrogen) atoms. The molecular formula is C15H20O4. The van der Waals surface area contributed by atoms with E-state index in [1.807, 2.05) is 0 Å². The number of rotatable bonds is 3. The van der Waals surface area contributed by atoms with Crippen molar-refractivity contribution in [3.63, 3.8) is 0 Å². The normalized spacial score (nSPS) is 52.7. The summed E-state index contributed by atoms with van der Waals surface area (Å²) >= 11 is 0. The molecule has 1 saturated heterocycles. The van der Waals surface area contributed by atoms with Crippen LogP contribution in [0.5, 0.6) is 0 Å². The Morgan fingerprint density at radius 1 is 1.42 bits per heavy atom. The zero-order chi connectivity index (χ0) is 13.4. The maximum Gasteiger partial charge on any atom is 0.336 e. The third-order valence-electron chi connectivity index (χ3n) is 5.97. The molecule has 1 aliphatic heterocycles. The third kappa shape index (κ3) is 1.44. The van der Waals surface area contributed by atoms with Gasteiger partial charge in [0.15, 0.2) is 0 Å². The van der Waals surface area contributed by atoms with Gasteiger partial charge >= 0.3 is 5.97 Å². The monoisotopic (exact) mass is 264 g/mol. The van der Waals surface area contributed by atoms with E-state index in [-0.39, 0.29) is 23.9 Å². The molecule has 0 radical (unpaired) electrons. The Balaban J connectivity index is 1.47. The first-order valence-corrected chi connectivity index (χ1v) is 7.22. The van der Waals surface area contributed by atoms with Crippen LogP contribution in [0.1, 0.15) is 26.2 Å². The average molecular weight is 264 g/mol. The molecular weight excluding hydrogens is 244 g/mol. The summed E-state index contributed by atoms with van der Waals surface area (Å²) in [5.41, 5.74) is 0.289. The van der Waals surface area contributed by atoms with Crippen LogP contribution >= 0.6 is 0 Å². The Hall–Kier alpha value is -0.870. The first kappa shape index (κ1) is 11.9. The van der Waals surface area contributed by atoms with Crippen molar-refractivity contribution in [2.45, 2.75) is 44.0 Å². The number of aliphatic hydroxyl groups is 1. The standard InChI is InChI=1S/C15H20O4/c1-7(6-16)14(17)18-11-4-8-3-9(11)10-5-12-15(2,19-12)13(8)10/h8-13,16H,1,3-6H2,2H3. The summed E-state index contributed by atoms with van der Waals surface area (Å²) in [4.78, 5) is 11.7. The second kappa shape index (κ2) is 3.61. The number of hydrogen-bond acceptors (Lipinski definition) is 4. The highest BCUT2D eigenvalue weighted by Crippen LogP contribution is 2.69. The van der Waals surface area contributed by atoms with Gasteiger partial charge in [-0.3, -0.25) is 0 Å². The van der Waals surface area contributed by atoms with Gasteiger partial charge in [-0.05, 0) is 49.9 Å². The largest absolute Gasteiger partial charge is 0.459 e. The molecule has 4 heteroatoms. The van der Waals surface area contributed by atoms with Gasteiger partial charge in [0.25, 0.3) is 0 Å². The minimum atomic E-state index is -0.429. The maximum absolute atomic E-state index is 11.7. The Kier molecular flexibility index (Phi) is 2.26. The second-order valence-electron chi connectivity index (χ2n) is 6.82. The van der Waals surface area contributed by atoms with Crippen LogP contribution in [0.2, 0.25) is 0 Å². The summed E-state index contributed by atoms with van der Waals surface area (Å²) in [5, 5.41) is 8.92. The number of ether oxygens (including phenoxy) is 2. The number of hydrogen-bond donors (Lipinski definition) is 1. The Labute approximate surface area is 112 Å². The second-order valence-corrected chi connectivity index (χ2v) is 6.82. The Morgan fingerprint density at radius 2 is 2.21 bits per heavy atom. The van der Waals surface area contributed by atoms with Gasteiger partial charge in [-0.25, -0.2) is 4.79 Å². The van der Waals surface area contributed by atoms with Crippen molar-refractivity contribution >= 4 is 5.97 Å². The lowest BCUT2D eigenvalue weighted by Crippen LogP contribution is -2.37. The first-order chi connectivity index (χ1) is 9.04. The summed E-state index contributed by atoms with van der Waals surface area (Å²) in [5.74, 6) is 2.06. The van der Waals surface area contributed by atoms with Gasteiger partial charge in [-0.15, -0.1) is 0 Å². The molecule has 0 aromatic rings. The molecule has 1 N–H and O–H groups in total. The van der Waals surface area contributed by atoms with E-state index in [1.165, 1.54) is 6.42 Å². The molecule has 0 spiro atoms. The van der Waals surface area contributed by atoms with Crippen LogP contribution in [0.4, 0.5) is 0 Å². The van der Waals surface area contributed by atoms with Gasteiger partial charge in [-0.1, -0.05) is 6.58 Å². The molecule has 3 saturated carbocycles. The highest BCUT2D eigenvalue weighted by atomic mass is 16.6. The predicted octanol–water partition coefficient (Wildman–Crippen LogP) is 1.28. The molecule has 104 valence electrons. The average Bonchev–Trinajstić information content (AvgIpc) is 2.74. The molecule has 0 aromatic heterocycles. The van der Waals surface area contributed by atoms with E-state index in [0.717, 1.165) is 12.8 Å². The van der Waals surface area contributed by atoms with Crippen LogP contribution in [0.3, 0.4) is 0 Å². The van der Waals surface area contributed by atoms with Crippen LogP contribution in [-0.2, 0) is 14.3 Å². The zero-order valence-corrected chi connectivity index (χ0v) is 11.2. The summed E-state index contributed by atoms with van der Waals surface area (Å²) < 4.78 is 11.4. The first-order valence-electron chi connectivity index (χ1n) is 7.22. The fraction of sp³-hybridized carbons (Fsp3) is 0.800. The van der Waals surface area contributed by atoms with E-state index in [0.29, 0.717) is 29.8 Å². The van der Waals surface area contributed by atoms with E-state index in [1.54, 1.807) is 0 Å². The molecule has 7 unspecified atom stereocenters. The molecule has 4 rings (SSSR count). The summed E-state index contributed by atoms with van der Waals surface area (Å²) in [6.45, 7) is 5.46. The van der Waals surface area contributed by atoms with Gasteiger partial charge in [0, 0.05) is 0 Å². The summed E-state index contributed by atoms with van der Waals surface area (Å²) in [6.07, 6.45) is 3.75. The van der Waals surface area contributed by atoms with Crippen LogP contribution < -0.4 is 0 Å². The van der Waals surface area contributed by atoms with Crippen molar-refractivity contribution < 1.29 is 19.4 Å². The zero-order valence-electron chi connectivity index (χ0n) is 11.2. The fourth-order valence-corrected chi connectivity index (χ4v) is 5.16. The molecule has 1 heterocycles. The number of esters is 1. The topological polar surface area (TPSA) is 59.1 Å². The molecule has 3 aliphatic carbocycles. The lowest BCUT2D eigenvalue weighted by atomic mass is 9.76. The molecule has 4 aliphatic rings. The van der Waals surface area contributed by atoms with Crippen molar-refractivity contribution in [1.29, 1.82) is 0 Å². The quantitative estimate of drug-likeness (QED) is 0.474. The van der Waals surface area contributed by atoms with Crippen molar-refractivity contribution in [2.24, 2.45) is 23.7 Å². The van der Waals surface area contributed by atoms with Gasteiger partial charge < -0.3 is 14.6 Å². The molecule has 2 bridgehead atoms. The molecule has 4 fully saturated rings. The van der Waals surface area contributed by atoms with E-state index in [2.05, 4.69) is 13.5 Å². The van der Waals surface area contributed by atoms with Crippen molar-refractivity contribution in [3.8, 4) is 0 Å². The number of carbonyl (C=O) groups is 1.